The fraction of sp³-hybridized carbons (Fsp3) is 0. The number of hydrogen-bond donors (Lipinski definition) is 1. The Morgan fingerprint density at radius 3 is 2.70 bits per heavy atom. The number of hydrogen-bond acceptors (Lipinski definition) is 4. The van der Waals surface area contributed by atoms with E-state index in [0.29, 0.717) is 16.6 Å². The molecule has 4 nitrogen and oxygen atoms in total. The van der Waals surface area contributed by atoms with E-state index in [-0.39, 0.29) is 16.5 Å². The van der Waals surface area contributed by atoms with Crippen LogP contribution in [-0.4, -0.2) is 21.0 Å². The lowest BCUT2D eigenvalue weighted by Gasteiger charge is -2.06. The van der Waals surface area contributed by atoms with E-state index < -0.39 is 17.6 Å². The summed E-state index contributed by atoms with van der Waals surface area (Å²) in [5, 5.41) is 9.14. The van der Waals surface area contributed by atoms with Crippen LogP contribution in [0.25, 0.3) is 21.5 Å². The van der Waals surface area contributed by atoms with E-state index in [2.05, 4.69) is 9.97 Å². The molecule has 0 aliphatic rings. The van der Waals surface area contributed by atoms with Crippen molar-refractivity contribution in [3.8, 4) is 10.6 Å². The summed E-state index contributed by atoms with van der Waals surface area (Å²) in [5.74, 6) is -3.01. The number of nitrogens with zero attached hydrogens (tertiary/aromatic N) is 2. The molecule has 0 fully saturated rings. The Kier molecular flexibility index (Phi) is 2.90. The fourth-order valence-corrected chi connectivity index (χ4v) is 2.48. The monoisotopic (exact) mass is 292 g/mol. The van der Waals surface area contributed by atoms with E-state index in [1.54, 1.807) is 5.51 Å². The molecule has 0 radical (unpaired) electrons. The Morgan fingerprint density at radius 2 is 2.05 bits per heavy atom. The van der Waals surface area contributed by atoms with Crippen molar-refractivity contribution in [1.82, 2.24) is 9.97 Å². The molecule has 1 aromatic carbocycles. The smallest absolute Gasteiger partial charge is 0.336 e. The summed E-state index contributed by atoms with van der Waals surface area (Å²) >= 11 is 1.25. The maximum atomic E-state index is 13.8. The van der Waals surface area contributed by atoms with E-state index in [9.17, 15) is 18.7 Å². The Balaban J connectivity index is 2.40. The van der Waals surface area contributed by atoms with Gasteiger partial charge in [-0.1, -0.05) is 0 Å². The maximum Gasteiger partial charge on any atom is 0.336 e. The number of aromatic nitrogens is 2. The maximum absolute atomic E-state index is 13.8. The third kappa shape index (κ3) is 2.01. The van der Waals surface area contributed by atoms with Gasteiger partial charge in [-0.15, -0.1) is 11.3 Å². The van der Waals surface area contributed by atoms with Crippen molar-refractivity contribution in [2.45, 2.75) is 0 Å². The zero-order chi connectivity index (χ0) is 14.3. The van der Waals surface area contributed by atoms with Crippen molar-refractivity contribution in [3.63, 3.8) is 0 Å². The second-order valence-electron chi connectivity index (χ2n) is 4.01. The van der Waals surface area contributed by atoms with Crippen LogP contribution in [-0.2, 0) is 0 Å². The standard InChI is InChI=1S/C13H6F2N2O2S/c14-6-1-7-8(13(18)19)3-10(11-4-16-5-20-11)17-12(7)9(15)2-6/h1-5H,(H,18,19). The number of carboxylic acids is 1. The number of fused-ring (bicyclic) bond motifs is 1. The van der Waals surface area contributed by atoms with Crippen LogP contribution in [0.4, 0.5) is 8.78 Å². The number of pyridine rings is 1. The Labute approximate surface area is 115 Å². The average molecular weight is 292 g/mol. The lowest BCUT2D eigenvalue weighted by Crippen LogP contribution is -2.01. The summed E-state index contributed by atoms with van der Waals surface area (Å²) in [6, 6.07) is 2.93. The van der Waals surface area contributed by atoms with Crippen LogP contribution < -0.4 is 0 Å². The van der Waals surface area contributed by atoms with E-state index in [1.165, 1.54) is 23.6 Å². The van der Waals surface area contributed by atoms with Crippen LogP contribution >= 0.6 is 11.3 Å². The van der Waals surface area contributed by atoms with Crippen LogP contribution in [0.5, 0.6) is 0 Å². The molecule has 3 aromatic rings. The van der Waals surface area contributed by atoms with Crippen molar-refractivity contribution >= 4 is 28.2 Å². The van der Waals surface area contributed by atoms with Crippen molar-refractivity contribution in [2.75, 3.05) is 0 Å². The first-order valence-corrected chi connectivity index (χ1v) is 6.36. The average Bonchev–Trinajstić information content (AvgIpc) is 2.91. The molecule has 3 rings (SSSR count). The SMILES string of the molecule is O=C(O)c1cc(-c2cncs2)nc2c(F)cc(F)cc12. The number of carboxylic acid groups (broad SMARTS) is 1. The molecule has 0 aliphatic heterocycles. The number of benzene rings is 1. The van der Waals surface area contributed by atoms with Crippen molar-refractivity contribution in [3.05, 3.63) is 47.1 Å². The summed E-state index contributed by atoms with van der Waals surface area (Å²) in [6.45, 7) is 0. The first-order valence-electron chi connectivity index (χ1n) is 5.48. The molecule has 100 valence electrons. The number of aromatic carboxylic acids is 1. The minimum atomic E-state index is -1.27. The molecule has 7 heteroatoms. The van der Waals surface area contributed by atoms with Crippen molar-refractivity contribution < 1.29 is 18.7 Å². The minimum absolute atomic E-state index is 0.0664. The van der Waals surface area contributed by atoms with Gasteiger partial charge in [0.25, 0.3) is 0 Å². The number of rotatable bonds is 2. The minimum Gasteiger partial charge on any atom is -0.478 e. The molecule has 0 atom stereocenters. The van der Waals surface area contributed by atoms with Gasteiger partial charge in [-0.3, -0.25) is 4.98 Å². The molecule has 0 amide bonds. The molecule has 0 bridgehead atoms. The normalized spacial score (nSPS) is 10.9. The third-order valence-corrected chi connectivity index (χ3v) is 3.54. The molecule has 0 saturated carbocycles. The van der Waals surface area contributed by atoms with Gasteiger partial charge in [0.15, 0.2) is 5.82 Å². The molecule has 2 aromatic heterocycles. The lowest BCUT2D eigenvalue weighted by atomic mass is 10.1. The van der Waals surface area contributed by atoms with E-state index in [4.69, 9.17) is 0 Å². The molecule has 0 aliphatic carbocycles. The molecular formula is C13H6F2N2O2S. The highest BCUT2D eigenvalue weighted by Gasteiger charge is 2.17. The first-order chi connectivity index (χ1) is 9.56. The topological polar surface area (TPSA) is 63.1 Å². The molecule has 20 heavy (non-hydrogen) atoms. The molecule has 0 saturated heterocycles. The highest BCUT2D eigenvalue weighted by molar-refractivity contribution is 7.13. The predicted octanol–water partition coefficient (Wildman–Crippen LogP) is 3.33. The first kappa shape index (κ1) is 12.6. The van der Waals surface area contributed by atoms with Gasteiger partial charge < -0.3 is 5.11 Å². The van der Waals surface area contributed by atoms with Gasteiger partial charge in [0, 0.05) is 17.6 Å². The van der Waals surface area contributed by atoms with E-state index in [1.807, 2.05) is 0 Å². The Hall–Kier alpha value is -2.41. The summed E-state index contributed by atoms with van der Waals surface area (Å²) < 4.78 is 27.1. The summed E-state index contributed by atoms with van der Waals surface area (Å²) in [5.41, 5.74) is 1.48. The number of thiazole rings is 1. The molecule has 2 heterocycles. The molecular weight excluding hydrogens is 286 g/mol. The highest BCUT2D eigenvalue weighted by atomic mass is 32.1. The van der Waals surface area contributed by atoms with Gasteiger partial charge in [0.05, 0.1) is 21.6 Å². The van der Waals surface area contributed by atoms with Gasteiger partial charge in [0.1, 0.15) is 11.3 Å². The van der Waals surface area contributed by atoms with Gasteiger partial charge in [0.2, 0.25) is 0 Å². The predicted molar refractivity (Wildman–Crippen MR) is 69.7 cm³/mol. The molecule has 1 N–H and O–H groups in total. The van der Waals surface area contributed by atoms with Gasteiger partial charge in [-0.05, 0) is 12.1 Å². The van der Waals surface area contributed by atoms with Crippen LogP contribution in [0.2, 0.25) is 0 Å². The zero-order valence-corrected chi connectivity index (χ0v) is 10.6. The zero-order valence-electron chi connectivity index (χ0n) is 9.80. The van der Waals surface area contributed by atoms with Crippen LogP contribution in [0.3, 0.4) is 0 Å². The van der Waals surface area contributed by atoms with E-state index >= 15 is 0 Å². The number of carbonyl (C=O) groups is 1. The van der Waals surface area contributed by atoms with Crippen LogP contribution in [0.15, 0.2) is 29.9 Å². The van der Waals surface area contributed by atoms with Gasteiger partial charge >= 0.3 is 5.97 Å². The third-order valence-electron chi connectivity index (χ3n) is 2.75. The highest BCUT2D eigenvalue weighted by Crippen LogP contribution is 2.28. The van der Waals surface area contributed by atoms with Crippen LogP contribution in [0.1, 0.15) is 10.4 Å². The van der Waals surface area contributed by atoms with Crippen molar-refractivity contribution in [2.24, 2.45) is 0 Å². The summed E-state index contributed by atoms with van der Waals surface area (Å²) in [6.07, 6.45) is 1.51. The summed E-state index contributed by atoms with van der Waals surface area (Å²) in [4.78, 5) is 19.8. The Bertz CT molecular complexity index is 819. The second-order valence-corrected chi connectivity index (χ2v) is 4.90. The van der Waals surface area contributed by atoms with E-state index in [0.717, 1.165) is 6.07 Å². The lowest BCUT2D eigenvalue weighted by molar-refractivity contribution is 0.0699. The second kappa shape index (κ2) is 4.61. The number of halogens is 2. The Morgan fingerprint density at radius 1 is 1.25 bits per heavy atom. The van der Waals surface area contributed by atoms with Gasteiger partial charge in [-0.25, -0.2) is 18.6 Å². The van der Waals surface area contributed by atoms with Crippen molar-refractivity contribution in [1.29, 1.82) is 0 Å². The quantitative estimate of drug-likeness (QED) is 0.787. The van der Waals surface area contributed by atoms with Crippen LogP contribution in [0, 0.1) is 11.6 Å². The largest absolute Gasteiger partial charge is 0.478 e. The fourth-order valence-electron chi connectivity index (χ4n) is 1.90. The summed E-state index contributed by atoms with van der Waals surface area (Å²) in [7, 11) is 0. The van der Waals surface area contributed by atoms with Gasteiger partial charge in [-0.2, -0.15) is 0 Å². The molecule has 0 unspecified atom stereocenters. The molecule has 0 spiro atoms.